The van der Waals surface area contributed by atoms with Crippen molar-refractivity contribution in [3.05, 3.63) is 22.9 Å². The molecule has 0 spiro atoms. The summed E-state index contributed by atoms with van der Waals surface area (Å²) in [6.07, 6.45) is 1.49. The fourth-order valence-corrected chi connectivity index (χ4v) is 1.38. The van der Waals surface area contributed by atoms with E-state index in [0.717, 1.165) is 0 Å². The highest BCUT2D eigenvalue weighted by Gasteiger charge is 2.04. The van der Waals surface area contributed by atoms with Crippen molar-refractivity contribution in [1.29, 1.82) is 0 Å². The first kappa shape index (κ1) is 8.25. The summed E-state index contributed by atoms with van der Waals surface area (Å²) in [7, 11) is 0. The zero-order chi connectivity index (χ0) is 9.42. The summed E-state index contributed by atoms with van der Waals surface area (Å²) in [4.78, 5) is 7.76. The Morgan fingerprint density at radius 1 is 1.23 bits per heavy atom. The van der Waals surface area contributed by atoms with Crippen molar-refractivity contribution >= 4 is 26.8 Å². The van der Waals surface area contributed by atoms with E-state index in [1.165, 1.54) is 12.3 Å². The number of fused-ring (bicyclic) bond motifs is 1. The molecule has 0 aliphatic rings. The van der Waals surface area contributed by atoms with Crippen LogP contribution in [0.2, 0.25) is 0 Å². The SMILES string of the molecule is Oc1cc(O)c2cnc(Br)cc2n1. The van der Waals surface area contributed by atoms with Gasteiger partial charge in [0.05, 0.1) is 10.9 Å². The Bertz CT molecular complexity index is 468. The molecule has 0 aliphatic heterocycles. The molecule has 0 saturated heterocycles. The van der Waals surface area contributed by atoms with Crippen LogP contribution < -0.4 is 0 Å². The average molecular weight is 241 g/mol. The van der Waals surface area contributed by atoms with Gasteiger partial charge in [-0.1, -0.05) is 0 Å². The van der Waals surface area contributed by atoms with Gasteiger partial charge < -0.3 is 10.2 Å². The molecule has 2 rings (SSSR count). The second-order valence-corrected chi connectivity index (χ2v) is 3.34. The Morgan fingerprint density at radius 2 is 2.00 bits per heavy atom. The molecule has 5 heteroatoms. The van der Waals surface area contributed by atoms with Gasteiger partial charge in [-0.3, -0.25) is 0 Å². The van der Waals surface area contributed by atoms with Crippen LogP contribution in [0.4, 0.5) is 0 Å². The highest BCUT2D eigenvalue weighted by Crippen LogP contribution is 2.27. The number of pyridine rings is 2. The van der Waals surface area contributed by atoms with Crippen LogP contribution in [0.25, 0.3) is 10.9 Å². The van der Waals surface area contributed by atoms with E-state index < -0.39 is 0 Å². The second kappa shape index (κ2) is 2.85. The molecule has 0 radical (unpaired) electrons. The maximum atomic E-state index is 9.39. The number of rotatable bonds is 0. The quantitative estimate of drug-likeness (QED) is 0.690. The fraction of sp³-hybridized carbons (Fsp3) is 0. The number of halogens is 1. The van der Waals surface area contributed by atoms with Gasteiger partial charge in [0, 0.05) is 12.3 Å². The number of nitrogens with zero attached hydrogens (tertiary/aromatic N) is 2. The third kappa shape index (κ3) is 1.42. The predicted molar refractivity (Wildman–Crippen MR) is 50.6 cm³/mol. The third-order valence-electron chi connectivity index (χ3n) is 1.63. The Hall–Kier alpha value is -1.36. The number of hydrogen-bond acceptors (Lipinski definition) is 4. The van der Waals surface area contributed by atoms with Crippen LogP contribution in [0.15, 0.2) is 22.9 Å². The lowest BCUT2D eigenvalue weighted by molar-refractivity contribution is 0.440. The molecule has 0 bridgehead atoms. The summed E-state index contributed by atoms with van der Waals surface area (Å²) in [5.41, 5.74) is 0.499. The molecule has 2 aromatic heterocycles. The van der Waals surface area contributed by atoms with Crippen LogP contribution in [0.3, 0.4) is 0 Å². The lowest BCUT2D eigenvalue weighted by Gasteiger charge is -2.00. The first-order chi connectivity index (χ1) is 6.16. The van der Waals surface area contributed by atoms with E-state index >= 15 is 0 Å². The van der Waals surface area contributed by atoms with E-state index in [2.05, 4.69) is 25.9 Å². The summed E-state index contributed by atoms with van der Waals surface area (Å²) in [5.74, 6) is -0.231. The van der Waals surface area contributed by atoms with E-state index in [9.17, 15) is 5.11 Å². The van der Waals surface area contributed by atoms with Crippen molar-refractivity contribution in [2.45, 2.75) is 0 Å². The van der Waals surface area contributed by atoms with Gasteiger partial charge >= 0.3 is 0 Å². The maximum absolute atomic E-state index is 9.39. The number of aromatic nitrogens is 2. The first-order valence-corrected chi connectivity index (χ1v) is 4.30. The zero-order valence-electron chi connectivity index (χ0n) is 6.40. The van der Waals surface area contributed by atoms with E-state index in [1.807, 2.05) is 0 Å². The van der Waals surface area contributed by atoms with Gasteiger partial charge in [-0.2, -0.15) is 0 Å². The largest absolute Gasteiger partial charge is 0.507 e. The summed E-state index contributed by atoms with van der Waals surface area (Å²) in [6.45, 7) is 0. The predicted octanol–water partition coefficient (Wildman–Crippen LogP) is 1.80. The molecule has 4 nitrogen and oxygen atoms in total. The molecule has 13 heavy (non-hydrogen) atoms. The average Bonchev–Trinajstić information content (AvgIpc) is 2.02. The van der Waals surface area contributed by atoms with Crippen LogP contribution in [0, 0.1) is 0 Å². The Balaban J connectivity index is 2.86. The van der Waals surface area contributed by atoms with Crippen molar-refractivity contribution in [2.75, 3.05) is 0 Å². The van der Waals surface area contributed by atoms with E-state index in [0.29, 0.717) is 15.5 Å². The summed E-state index contributed by atoms with van der Waals surface area (Å²) in [5, 5.41) is 19.0. The molecule has 0 atom stereocenters. The van der Waals surface area contributed by atoms with Gasteiger partial charge in [0.25, 0.3) is 0 Å². The smallest absolute Gasteiger partial charge is 0.215 e. The lowest BCUT2D eigenvalue weighted by Crippen LogP contribution is -1.83. The minimum Gasteiger partial charge on any atom is -0.507 e. The highest BCUT2D eigenvalue weighted by atomic mass is 79.9. The molecule has 2 aromatic rings. The molecule has 0 aromatic carbocycles. The van der Waals surface area contributed by atoms with E-state index in [4.69, 9.17) is 5.11 Å². The van der Waals surface area contributed by atoms with Crippen LogP contribution in [0.5, 0.6) is 11.6 Å². The molecule has 66 valence electrons. The number of hydrogen-bond donors (Lipinski definition) is 2. The van der Waals surface area contributed by atoms with Gasteiger partial charge in [-0.15, -0.1) is 0 Å². The Labute approximate surface area is 82.0 Å². The van der Waals surface area contributed by atoms with E-state index in [1.54, 1.807) is 6.07 Å². The Morgan fingerprint density at radius 3 is 2.77 bits per heavy atom. The third-order valence-corrected chi connectivity index (χ3v) is 2.06. The van der Waals surface area contributed by atoms with Crippen LogP contribution >= 0.6 is 15.9 Å². The fourth-order valence-electron chi connectivity index (χ4n) is 1.07. The van der Waals surface area contributed by atoms with Crippen molar-refractivity contribution in [3.63, 3.8) is 0 Å². The van der Waals surface area contributed by atoms with E-state index in [-0.39, 0.29) is 11.6 Å². The van der Waals surface area contributed by atoms with Gasteiger partial charge in [-0.05, 0) is 22.0 Å². The molecule has 0 unspecified atom stereocenters. The highest BCUT2D eigenvalue weighted by molar-refractivity contribution is 9.10. The van der Waals surface area contributed by atoms with Gasteiger partial charge in [0.2, 0.25) is 5.88 Å². The van der Waals surface area contributed by atoms with Gasteiger partial charge in [0.15, 0.2) is 0 Å². The van der Waals surface area contributed by atoms with Crippen molar-refractivity contribution in [1.82, 2.24) is 9.97 Å². The van der Waals surface area contributed by atoms with Crippen LogP contribution in [-0.4, -0.2) is 20.2 Å². The topological polar surface area (TPSA) is 66.2 Å². The minimum absolute atomic E-state index is 0.0255. The van der Waals surface area contributed by atoms with Gasteiger partial charge in [0.1, 0.15) is 10.4 Å². The first-order valence-electron chi connectivity index (χ1n) is 3.51. The normalized spacial score (nSPS) is 10.5. The number of aromatic hydroxyl groups is 2. The molecular weight excluding hydrogens is 236 g/mol. The molecule has 2 N–H and O–H groups in total. The lowest BCUT2D eigenvalue weighted by atomic mass is 10.2. The molecule has 2 heterocycles. The monoisotopic (exact) mass is 240 g/mol. The van der Waals surface area contributed by atoms with Gasteiger partial charge in [-0.25, -0.2) is 9.97 Å². The van der Waals surface area contributed by atoms with Crippen molar-refractivity contribution in [2.24, 2.45) is 0 Å². The zero-order valence-corrected chi connectivity index (χ0v) is 7.98. The molecule has 0 amide bonds. The van der Waals surface area contributed by atoms with Crippen molar-refractivity contribution in [3.8, 4) is 11.6 Å². The van der Waals surface area contributed by atoms with Crippen LogP contribution in [-0.2, 0) is 0 Å². The standard InChI is InChI=1S/C8H5BrN2O2/c9-7-1-5-4(3-10-7)6(12)2-8(13)11-5/h1-3H,(H2,11,12,13). The Kier molecular flexibility index (Phi) is 1.81. The molecule has 0 aliphatic carbocycles. The maximum Gasteiger partial charge on any atom is 0.215 e. The second-order valence-electron chi connectivity index (χ2n) is 2.52. The molecular formula is C8H5BrN2O2. The minimum atomic E-state index is -0.205. The summed E-state index contributed by atoms with van der Waals surface area (Å²) < 4.78 is 0.609. The molecule has 0 fully saturated rings. The summed E-state index contributed by atoms with van der Waals surface area (Å²) >= 11 is 3.17. The van der Waals surface area contributed by atoms with Crippen molar-refractivity contribution < 1.29 is 10.2 Å². The molecule has 0 saturated carbocycles. The summed E-state index contributed by atoms with van der Waals surface area (Å²) in [6, 6.07) is 2.80. The van der Waals surface area contributed by atoms with Crippen LogP contribution in [0.1, 0.15) is 0 Å².